The Labute approximate surface area is 176 Å². The van der Waals surface area contributed by atoms with Crippen molar-refractivity contribution in [3.63, 3.8) is 0 Å². The number of carbonyl (C=O) groups is 2. The lowest BCUT2D eigenvalue weighted by molar-refractivity contribution is -0.137. The topological polar surface area (TPSA) is 67.9 Å². The van der Waals surface area contributed by atoms with Gasteiger partial charge in [-0.3, -0.25) is 14.5 Å². The Bertz CT molecular complexity index is 944. The van der Waals surface area contributed by atoms with E-state index in [9.17, 15) is 9.59 Å². The minimum Gasteiger partial charge on any atom is -0.497 e. The highest BCUT2D eigenvalue weighted by Crippen LogP contribution is 2.18. The second-order valence-corrected chi connectivity index (χ2v) is 6.49. The second-order valence-electron chi connectivity index (χ2n) is 6.49. The minimum atomic E-state index is -0.673. The smallest absolute Gasteiger partial charge is 0.316 e. The lowest BCUT2D eigenvalue weighted by atomic mass is 10.2. The molecule has 0 aliphatic heterocycles. The van der Waals surface area contributed by atoms with Gasteiger partial charge in [0.1, 0.15) is 18.1 Å². The molecule has 0 radical (unpaired) electrons. The molecule has 0 atom stereocenters. The summed E-state index contributed by atoms with van der Waals surface area (Å²) >= 11 is 0. The van der Waals surface area contributed by atoms with Crippen LogP contribution in [0.5, 0.6) is 11.5 Å². The van der Waals surface area contributed by atoms with Crippen LogP contribution in [0.15, 0.2) is 84.9 Å². The van der Waals surface area contributed by atoms with Gasteiger partial charge in [0.05, 0.1) is 20.2 Å². The first-order valence-electron chi connectivity index (χ1n) is 9.63. The Morgan fingerprint density at radius 1 is 0.833 bits per heavy atom. The Morgan fingerprint density at radius 2 is 1.43 bits per heavy atom. The molecule has 0 saturated carbocycles. The van der Waals surface area contributed by atoms with Crippen LogP contribution < -0.4 is 19.7 Å². The van der Waals surface area contributed by atoms with E-state index in [1.807, 2.05) is 48.5 Å². The summed E-state index contributed by atoms with van der Waals surface area (Å²) in [5, 5.41) is 2.63. The van der Waals surface area contributed by atoms with E-state index >= 15 is 0 Å². The Hall–Kier alpha value is -3.80. The maximum Gasteiger partial charge on any atom is 0.316 e. The van der Waals surface area contributed by atoms with E-state index < -0.39 is 11.8 Å². The lowest BCUT2D eigenvalue weighted by Gasteiger charge is -2.22. The van der Waals surface area contributed by atoms with Crippen LogP contribution in [0.4, 0.5) is 5.69 Å². The zero-order chi connectivity index (χ0) is 21.2. The molecule has 1 N–H and O–H groups in total. The first kappa shape index (κ1) is 20.9. The second kappa shape index (κ2) is 10.7. The number of ether oxygens (including phenoxy) is 2. The minimum absolute atomic E-state index is 0.213. The van der Waals surface area contributed by atoms with E-state index in [0.29, 0.717) is 18.0 Å². The number of carbonyl (C=O) groups excluding carboxylic acids is 2. The molecule has 30 heavy (non-hydrogen) atoms. The molecule has 154 valence electrons. The summed E-state index contributed by atoms with van der Waals surface area (Å²) in [6.07, 6.45) is 0. The third-order valence-electron chi connectivity index (χ3n) is 4.41. The van der Waals surface area contributed by atoms with Crippen LogP contribution in [0.3, 0.4) is 0 Å². The molecule has 0 aliphatic carbocycles. The van der Waals surface area contributed by atoms with Crippen molar-refractivity contribution in [2.24, 2.45) is 0 Å². The molecular formula is C24H24N2O4. The summed E-state index contributed by atoms with van der Waals surface area (Å²) in [6, 6.07) is 25.8. The number of rotatable bonds is 8. The van der Waals surface area contributed by atoms with Crippen LogP contribution in [0.1, 0.15) is 5.56 Å². The number of anilines is 1. The van der Waals surface area contributed by atoms with Gasteiger partial charge in [0.25, 0.3) is 0 Å². The van der Waals surface area contributed by atoms with Gasteiger partial charge in [0.2, 0.25) is 0 Å². The quantitative estimate of drug-likeness (QED) is 0.461. The Morgan fingerprint density at radius 3 is 2.07 bits per heavy atom. The molecule has 3 aromatic carbocycles. The monoisotopic (exact) mass is 404 g/mol. The van der Waals surface area contributed by atoms with Crippen LogP contribution in [0.25, 0.3) is 0 Å². The van der Waals surface area contributed by atoms with E-state index in [4.69, 9.17) is 9.47 Å². The maximum absolute atomic E-state index is 12.8. The molecular weight excluding hydrogens is 380 g/mol. The zero-order valence-corrected chi connectivity index (χ0v) is 16.8. The van der Waals surface area contributed by atoms with Crippen molar-refractivity contribution in [1.29, 1.82) is 0 Å². The number of para-hydroxylation sites is 1. The number of amides is 2. The number of nitrogens with zero attached hydrogens (tertiary/aromatic N) is 1. The van der Waals surface area contributed by atoms with Crippen LogP contribution in [-0.2, 0) is 16.1 Å². The number of methoxy groups -OCH3 is 1. The number of benzene rings is 3. The van der Waals surface area contributed by atoms with Crippen LogP contribution in [0, 0.1) is 0 Å². The highest BCUT2D eigenvalue weighted by molar-refractivity contribution is 6.40. The summed E-state index contributed by atoms with van der Waals surface area (Å²) in [5.41, 5.74) is 1.60. The van der Waals surface area contributed by atoms with Gasteiger partial charge in [0, 0.05) is 5.69 Å². The molecule has 0 aromatic heterocycles. The predicted octanol–water partition coefficient (Wildman–Crippen LogP) is 3.42. The average Bonchev–Trinajstić information content (AvgIpc) is 2.81. The van der Waals surface area contributed by atoms with Gasteiger partial charge >= 0.3 is 11.8 Å². The molecule has 0 spiro atoms. The SMILES string of the molecule is COc1ccc(OCCNC(=O)C(=O)N(Cc2ccccc2)c2ccccc2)cc1. The standard InChI is InChI=1S/C24H24N2O4/c1-29-21-12-14-22(15-13-21)30-17-16-25-23(27)24(28)26(20-10-6-3-7-11-20)18-19-8-4-2-5-9-19/h2-15H,16-18H2,1H3,(H,25,27). The summed E-state index contributed by atoms with van der Waals surface area (Å²) in [6.45, 7) is 0.763. The summed E-state index contributed by atoms with van der Waals surface area (Å²) in [5.74, 6) is 0.106. The fourth-order valence-electron chi connectivity index (χ4n) is 2.86. The van der Waals surface area contributed by atoms with E-state index in [-0.39, 0.29) is 13.2 Å². The third-order valence-corrected chi connectivity index (χ3v) is 4.41. The molecule has 0 saturated heterocycles. The number of hydrogen-bond donors (Lipinski definition) is 1. The Balaban J connectivity index is 1.57. The van der Waals surface area contributed by atoms with Gasteiger partial charge in [-0.25, -0.2) is 0 Å². The fraction of sp³-hybridized carbons (Fsp3) is 0.167. The molecule has 0 fully saturated rings. The maximum atomic E-state index is 12.8. The molecule has 0 bridgehead atoms. The van der Waals surface area contributed by atoms with E-state index in [1.165, 1.54) is 4.90 Å². The van der Waals surface area contributed by atoms with Gasteiger partial charge in [-0.1, -0.05) is 48.5 Å². The van der Waals surface area contributed by atoms with Crippen LogP contribution in [0.2, 0.25) is 0 Å². The highest BCUT2D eigenvalue weighted by Gasteiger charge is 2.23. The van der Waals surface area contributed by atoms with Crippen molar-refractivity contribution < 1.29 is 19.1 Å². The molecule has 6 nitrogen and oxygen atoms in total. The van der Waals surface area contributed by atoms with E-state index in [1.54, 1.807) is 43.5 Å². The Kier molecular flexibility index (Phi) is 7.44. The molecule has 0 unspecified atom stereocenters. The van der Waals surface area contributed by atoms with Gasteiger partial charge in [0.15, 0.2) is 0 Å². The summed E-state index contributed by atoms with van der Waals surface area (Å²) < 4.78 is 10.7. The average molecular weight is 404 g/mol. The molecule has 0 aliphatic rings. The summed E-state index contributed by atoms with van der Waals surface area (Å²) in [7, 11) is 1.60. The van der Waals surface area contributed by atoms with Crippen molar-refractivity contribution >= 4 is 17.5 Å². The first-order valence-corrected chi connectivity index (χ1v) is 9.63. The molecule has 2 amide bonds. The van der Waals surface area contributed by atoms with E-state index in [2.05, 4.69) is 5.32 Å². The van der Waals surface area contributed by atoms with Crippen LogP contribution >= 0.6 is 0 Å². The normalized spacial score (nSPS) is 10.2. The molecule has 6 heteroatoms. The lowest BCUT2D eigenvalue weighted by Crippen LogP contribution is -2.44. The number of hydrogen-bond acceptors (Lipinski definition) is 4. The van der Waals surface area contributed by atoms with Gasteiger partial charge < -0.3 is 14.8 Å². The van der Waals surface area contributed by atoms with Gasteiger partial charge in [-0.15, -0.1) is 0 Å². The summed E-state index contributed by atoms with van der Waals surface area (Å²) in [4.78, 5) is 26.8. The predicted molar refractivity (Wildman–Crippen MR) is 116 cm³/mol. The molecule has 3 aromatic rings. The van der Waals surface area contributed by atoms with Gasteiger partial charge in [-0.2, -0.15) is 0 Å². The highest BCUT2D eigenvalue weighted by atomic mass is 16.5. The fourth-order valence-corrected chi connectivity index (χ4v) is 2.86. The largest absolute Gasteiger partial charge is 0.497 e. The number of nitrogens with one attached hydrogen (secondary N) is 1. The van der Waals surface area contributed by atoms with Crippen molar-refractivity contribution in [3.05, 3.63) is 90.5 Å². The van der Waals surface area contributed by atoms with Crippen molar-refractivity contribution in [1.82, 2.24) is 5.32 Å². The van der Waals surface area contributed by atoms with Crippen molar-refractivity contribution in [2.75, 3.05) is 25.2 Å². The van der Waals surface area contributed by atoms with Gasteiger partial charge in [-0.05, 0) is 42.0 Å². The third kappa shape index (κ3) is 5.85. The van der Waals surface area contributed by atoms with Crippen LogP contribution in [-0.4, -0.2) is 32.1 Å². The molecule has 0 heterocycles. The van der Waals surface area contributed by atoms with Crippen molar-refractivity contribution in [3.8, 4) is 11.5 Å². The first-order chi connectivity index (χ1) is 14.7. The zero-order valence-electron chi connectivity index (χ0n) is 16.8. The van der Waals surface area contributed by atoms with Crippen molar-refractivity contribution in [2.45, 2.75) is 6.54 Å². The van der Waals surface area contributed by atoms with E-state index in [0.717, 1.165) is 11.3 Å². The molecule has 3 rings (SSSR count).